The molecule has 1 aromatic carbocycles. The van der Waals surface area contributed by atoms with E-state index in [-0.39, 0.29) is 9.92 Å². The number of sulfonamides is 1. The Hall–Kier alpha value is -1.15. The van der Waals surface area contributed by atoms with E-state index < -0.39 is 10.0 Å². The Morgan fingerprint density at radius 3 is 2.64 bits per heavy atom. The number of thiazole rings is 1. The molecule has 1 N–H and O–H groups in total. The summed E-state index contributed by atoms with van der Waals surface area (Å²) in [6, 6.07) is 4.38. The van der Waals surface area contributed by atoms with Crippen LogP contribution in [0.25, 0.3) is 0 Å². The normalized spacial score (nSPS) is 11.6. The molecule has 0 aliphatic rings. The average Bonchev–Trinajstić information content (AvgIpc) is 2.76. The zero-order valence-corrected chi connectivity index (χ0v) is 14.9. The molecule has 0 radical (unpaired) electrons. The van der Waals surface area contributed by atoms with Crippen LogP contribution in [-0.4, -0.2) is 27.1 Å². The molecule has 0 saturated heterocycles. The summed E-state index contributed by atoms with van der Waals surface area (Å²) in [6.45, 7) is 4.18. The molecule has 5 nitrogen and oxygen atoms in total. The largest absolute Gasteiger partial charge is 0.495 e. The van der Waals surface area contributed by atoms with Gasteiger partial charge in [0, 0.05) is 11.4 Å². The number of halogens is 1. The van der Waals surface area contributed by atoms with Crippen molar-refractivity contribution >= 4 is 33.0 Å². The van der Waals surface area contributed by atoms with Gasteiger partial charge in [-0.15, -0.1) is 11.3 Å². The average molecular weight is 361 g/mol. The third kappa shape index (κ3) is 3.98. The fraction of sp³-hybridized carbons (Fsp3) is 0.357. The van der Waals surface area contributed by atoms with Crippen molar-refractivity contribution in [1.29, 1.82) is 0 Å². The molecule has 2 aromatic rings. The summed E-state index contributed by atoms with van der Waals surface area (Å²) >= 11 is 7.55. The minimum atomic E-state index is -3.59. The topological polar surface area (TPSA) is 68.3 Å². The van der Waals surface area contributed by atoms with Crippen LogP contribution in [0.3, 0.4) is 0 Å². The molecule has 22 heavy (non-hydrogen) atoms. The maximum Gasteiger partial charge on any atom is 0.240 e. The van der Waals surface area contributed by atoms with E-state index >= 15 is 0 Å². The minimum Gasteiger partial charge on any atom is -0.495 e. The van der Waals surface area contributed by atoms with E-state index in [4.69, 9.17) is 16.3 Å². The van der Waals surface area contributed by atoms with Crippen molar-refractivity contribution in [2.24, 2.45) is 0 Å². The van der Waals surface area contributed by atoms with Crippen LogP contribution >= 0.6 is 22.9 Å². The first-order valence-corrected chi connectivity index (χ1v) is 9.27. The first-order valence-electron chi connectivity index (χ1n) is 6.59. The third-order valence-corrected chi connectivity index (χ3v) is 5.96. The summed E-state index contributed by atoms with van der Waals surface area (Å²) in [6.07, 6.45) is 0.612. The van der Waals surface area contributed by atoms with Crippen LogP contribution < -0.4 is 9.46 Å². The summed E-state index contributed by atoms with van der Waals surface area (Å²) in [5.41, 5.74) is 0.953. The molecular weight excluding hydrogens is 344 g/mol. The fourth-order valence-electron chi connectivity index (χ4n) is 2.00. The van der Waals surface area contributed by atoms with Gasteiger partial charge in [-0.05, 0) is 38.5 Å². The number of nitrogens with one attached hydrogen (secondary N) is 1. The van der Waals surface area contributed by atoms with E-state index in [1.165, 1.54) is 25.3 Å². The molecule has 0 aliphatic heterocycles. The number of aryl methyl sites for hydroxylation is 2. The zero-order valence-electron chi connectivity index (χ0n) is 12.5. The van der Waals surface area contributed by atoms with Crippen molar-refractivity contribution in [3.05, 3.63) is 38.8 Å². The summed E-state index contributed by atoms with van der Waals surface area (Å²) in [4.78, 5) is 5.54. The van der Waals surface area contributed by atoms with Gasteiger partial charge in [-0.2, -0.15) is 0 Å². The van der Waals surface area contributed by atoms with E-state index in [9.17, 15) is 8.42 Å². The number of hydrogen-bond donors (Lipinski definition) is 1. The van der Waals surface area contributed by atoms with Gasteiger partial charge in [-0.1, -0.05) is 11.6 Å². The van der Waals surface area contributed by atoms with Gasteiger partial charge in [-0.3, -0.25) is 0 Å². The van der Waals surface area contributed by atoms with Gasteiger partial charge in [-0.25, -0.2) is 18.1 Å². The Morgan fingerprint density at radius 1 is 1.36 bits per heavy atom. The summed E-state index contributed by atoms with van der Waals surface area (Å²) in [5, 5.41) is 1.25. The second-order valence-electron chi connectivity index (χ2n) is 4.69. The highest BCUT2D eigenvalue weighted by Gasteiger charge is 2.16. The molecule has 0 spiro atoms. The lowest BCUT2D eigenvalue weighted by atomic mass is 10.3. The highest BCUT2D eigenvalue weighted by atomic mass is 35.5. The van der Waals surface area contributed by atoms with Crippen LogP contribution in [0.5, 0.6) is 5.75 Å². The second-order valence-corrected chi connectivity index (χ2v) is 8.15. The monoisotopic (exact) mass is 360 g/mol. The van der Waals surface area contributed by atoms with Crippen molar-refractivity contribution in [3.8, 4) is 5.75 Å². The molecule has 2 rings (SSSR count). The Labute approximate surface area is 139 Å². The maximum absolute atomic E-state index is 12.2. The smallest absolute Gasteiger partial charge is 0.240 e. The van der Waals surface area contributed by atoms with Crippen LogP contribution in [0.2, 0.25) is 5.02 Å². The molecular formula is C14H17ClN2O3S2. The lowest BCUT2D eigenvalue weighted by Gasteiger charge is -2.08. The number of aromatic nitrogens is 1. The van der Waals surface area contributed by atoms with Gasteiger partial charge >= 0.3 is 0 Å². The van der Waals surface area contributed by atoms with Crippen LogP contribution in [0.1, 0.15) is 15.6 Å². The molecule has 1 aromatic heterocycles. The quantitative estimate of drug-likeness (QED) is 0.859. The van der Waals surface area contributed by atoms with Gasteiger partial charge in [0.1, 0.15) is 5.75 Å². The SMILES string of the molecule is COc1ccc(S(=O)(=O)NCCc2sc(C)nc2C)cc1Cl. The van der Waals surface area contributed by atoms with Crippen molar-refractivity contribution < 1.29 is 13.2 Å². The van der Waals surface area contributed by atoms with Gasteiger partial charge in [0.15, 0.2) is 0 Å². The number of ether oxygens (including phenoxy) is 1. The minimum absolute atomic E-state index is 0.121. The lowest BCUT2D eigenvalue weighted by Crippen LogP contribution is -2.26. The maximum atomic E-state index is 12.2. The molecule has 0 atom stereocenters. The van der Waals surface area contributed by atoms with Crippen LogP contribution in [0.15, 0.2) is 23.1 Å². The van der Waals surface area contributed by atoms with Gasteiger partial charge in [0.25, 0.3) is 0 Å². The standard InChI is InChI=1S/C14H17ClN2O3S2/c1-9-14(21-10(2)17-9)6-7-16-22(18,19)11-4-5-13(20-3)12(15)8-11/h4-5,8,16H,6-7H2,1-3H3. The summed E-state index contributed by atoms with van der Waals surface area (Å²) in [7, 11) is -2.11. The van der Waals surface area contributed by atoms with Gasteiger partial charge in [0.2, 0.25) is 10.0 Å². The third-order valence-electron chi connectivity index (χ3n) is 3.08. The molecule has 120 valence electrons. The fourth-order valence-corrected chi connectivity index (χ4v) is 4.32. The van der Waals surface area contributed by atoms with E-state index in [0.717, 1.165) is 15.6 Å². The molecule has 0 bridgehead atoms. The first-order chi connectivity index (χ1) is 10.3. The van der Waals surface area contributed by atoms with Gasteiger partial charge in [0.05, 0.1) is 27.7 Å². The molecule has 1 heterocycles. The molecule has 0 amide bonds. The highest BCUT2D eigenvalue weighted by molar-refractivity contribution is 7.89. The Balaban J connectivity index is 2.05. The van der Waals surface area contributed by atoms with E-state index in [2.05, 4.69) is 9.71 Å². The predicted molar refractivity (Wildman–Crippen MR) is 88.5 cm³/mol. The number of hydrogen-bond acceptors (Lipinski definition) is 5. The Bertz CT molecular complexity index is 772. The Morgan fingerprint density at radius 2 is 2.09 bits per heavy atom. The molecule has 0 unspecified atom stereocenters. The number of rotatable bonds is 6. The van der Waals surface area contributed by atoms with Crippen molar-refractivity contribution in [3.63, 3.8) is 0 Å². The second kappa shape index (κ2) is 6.95. The van der Waals surface area contributed by atoms with E-state index in [1.54, 1.807) is 11.3 Å². The number of methoxy groups -OCH3 is 1. The van der Waals surface area contributed by atoms with Crippen molar-refractivity contribution in [2.75, 3.05) is 13.7 Å². The highest BCUT2D eigenvalue weighted by Crippen LogP contribution is 2.26. The number of nitrogens with zero attached hydrogens (tertiary/aromatic N) is 1. The molecule has 0 saturated carbocycles. The summed E-state index contributed by atoms with van der Waals surface area (Å²) in [5.74, 6) is 0.441. The van der Waals surface area contributed by atoms with Crippen LogP contribution in [0, 0.1) is 13.8 Å². The van der Waals surface area contributed by atoms with Crippen molar-refractivity contribution in [2.45, 2.75) is 25.2 Å². The van der Waals surface area contributed by atoms with Gasteiger partial charge < -0.3 is 4.74 Å². The molecule has 0 fully saturated rings. The first kappa shape index (κ1) is 17.2. The van der Waals surface area contributed by atoms with Crippen LogP contribution in [-0.2, 0) is 16.4 Å². The molecule has 8 heteroatoms. The zero-order chi connectivity index (χ0) is 16.3. The Kier molecular flexibility index (Phi) is 5.44. The van der Waals surface area contributed by atoms with E-state index in [1.807, 2.05) is 13.8 Å². The lowest BCUT2D eigenvalue weighted by molar-refractivity contribution is 0.414. The predicted octanol–water partition coefficient (Wildman–Crippen LogP) is 2.94. The van der Waals surface area contributed by atoms with E-state index in [0.29, 0.717) is 18.7 Å². The number of benzene rings is 1. The van der Waals surface area contributed by atoms with Crippen LogP contribution in [0.4, 0.5) is 0 Å². The van der Waals surface area contributed by atoms with Crippen molar-refractivity contribution in [1.82, 2.24) is 9.71 Å². The summed E-state index contributed by atoms with van der Waals surface area (Å²) < 4.78 is 32.1. The molecule has 0 aliphatic carbocycles.